The summed E-state index contributed by atoms with van der Waals surface area (Å²) in [6.07, 6.45) is 6.56. The van der Waals surface area contributed by atoms with E-state index in [2.05, 4.69) is 20.8 Å². The van der Waals surface area contributed by atoms with Crippen molar-refractivity contribution in [3.63, 3.8) is 0 Å². The highest BCUT2D eigenvalue weighted by Gasteiger charge is 2.65. The van der Waals surface area contributed by atoms with E-state index in [1.165, 1.54) is 0 Å². The molecule has 0 heterocycles. The summed E-state index contributed by atoms with van der Waals surface area (Å²) in [6, 6.07) is 0. The molecule has 166 valence electrons. The summed E-state index contributed by atoms with van der Waals surface area (Å²) in [6.45, 7) is 6.82. The van der Waals surface area contributed by atoms with Gasteiger partial charge < -0.3 is 21.1 Å². The van der Waals surface area contributed by atoms with Crippen LogP contribution in [0, 0.1) is 46.3 Å². The van der Waals surface area contributed by atoms with Crippen molar-refractivity contribution in [2.45, 2.75) is 96.9 Å². The number of carbonyl (C=O) groups is 1. The van der Waals surface area contributed by atoms with Gasteiger partial charge in [0, 0.05) is 6.42 Å². The van der Waals surface area contributed by atoms with Gasteiger partial charge in [0.1, 0.15) is 0 Å². The summed E-state index contributed by atoms with van der Waals surface area (Å²) in [7, 11) is 0. The molecule has 0 aliphatic heterocycles. The van der Waals surface area contributed by atoms with Crippen molar-refractivity contribution in [1.29, 1.82) is 0 Å². The van der Waals surface area contributed by atoms with Gasteiger partial charge >= 0.3 is 0 Å². The number of hydrogen-bond acceptors (Lipinski definition) is 4. The number of aliphatic hydroxyl groups excluding tert-OH is 3. The zero-order chi connectivity index (χ0) is 21.1. The highest BCUT2D eigenvalue weighted by Crippen LogP contribution is 2.68. The quantitative estimate of drug-likeness (QED) is 0.575. The van der Waals surface area contributed by atoms with E-state index in [1.807, 2.05) is 0 Å². The number of fused-ring (bicyclic) bond motifs is 5. The van der Waals surface area contributed by atoms with E-state index in [4.69, 9.17) is 5.73 Å². The lowest BCUT2D eigenvalue weighted by molar-refractivity contribution is -0.207. The number of hydrogen-bond donors (Lipinski definition) is 4. The third-order valence-corrected chi connectivity index (χ3v) is 10.4. The zero-order valence-electron chi connectivity index (χ0n) is 18.4. The minimum absolute atomic E-state index is 0.112. The van der Waals surface area contributed by atoms with Crippen LogP contribution in [-0.2, 0) is 4.79 Å². The minimum atomic E-state index is -0.369. The normalized spacial score (nSPS) is 52.9. The van der Waals surface area contributed by atoms with E-state index < -0.39 is 0 Å². The second-order valence-corrected chi connectivity index (χ2v) is 11.5. The van der Waals surface area contributed by atoms with E-state index in [0.717, 1.165) is 51.4 Å². The zero-order valence-corrected chi connectivity index (χ0v) is 18.4. The first-order valence-corrected chi connectivity index (χ1v) is 11.9. The molecule has 4 aliphatic rings. The van der Waals surface area contributed by atoms with Gasteiger partial charge in [-0.15, -0.1) is 0 Å². The van der Waals surface area contributed by atoms with Gasteiger partial charge in [0.05, 0.1) is 18.3 Å². The van der Waals surface area contributed by atoms with Crippen molar-refractivity contribution in [1.82, 2.24) is 0 Å². The lowest BCUT2D eigenvalue weighted by Gasteiger charge is -2.63. The van der Waals surface area contributed by atoms with Crippen LogP contribution >= 0.6 is 0 Å². The molecule has 4 rings (SSSR count). The smallest absolute Gasteiger partial charge is 0.217 e. The van der Waals surface area contributed by atoms with E-state index >= 15 is 0 Å². The maximum absolute atomic E-state index is 11.5. The van der Waals surface area contributed by atoms with Crippen molar-refractivity contribution in [3.05, 3.63) is 0 Å². The number of carbonyl (C=O) groups excluding carboxylic acids is 1. The van der Waals surface area contributed by atoms with Crippen LogP contribution in [0.25, 0.3) is 0 Å². The Morgan fingerprint density at radius 3 is 2.48 bits per heavy atom. The number of primary amides is 1. The second kappa shape index (κ2) is 7.49. The summed E-state index contributed by atoms with van der Waals surface area (Å²) >= 11 is 0. The van der Waals surface area contributed by atoms with Crippen molar-refractivity contribution in [2.75, 3.05) is 0 Å². The average Bonchev–Trinajstić information content (AvgIpc) is 3.01. The number of amides is 1. The molecule has 0 aromatic heterocycles. The molecule has 0 bridgehead atoms. The molecule has 29 heavy (non-hydrogen) atoms. The fourth-order valence-electron chi connectivity index (χ4n) is 8.70. The molecule has 1 amide bonds. The monoisotopic (exact) mass is 407 g/mol. The average molecular weight is 408 g/mol. The summed E-state index contributed by atoms with van der Waals surface area (Å²) in [5, 5.41) is 33.0. The van der Waals surface area contributed by atoms with Crippen molar-refractivity contribution < 1.29 is 20.1 Å². The molecule has 0 saturated heterocycles. The molecular weight excluding hydrogens is 366 g/mol. The molecule has 0 radical (unpaired) electrons. The van der Waals surface area contributed by atoms with Gasteiger partial charge in [-0.3, -0.25) is 4.79 Å². The predicted molar refractivity (Wildman–Crippen MR) is 112 cm³/mol. The highest BCUT2D eigenvalue weighted by atomic mass is 16.3. The Morgan fingerprint density at radius 1 is 1.07 bits per heavy atom. The first-order chi connectivity index (χ1) is 13.6. The third-order valence-electron chi connectivity index (χ3n) is 10.4. The first-order valence-electron chi connectivity index (χ1n) is 11.9. The fourth-order valence-corrected chi connectivity index (χ4v) is 8.70. The van der Waals surface area contributed by atoms with Gasteiger partial charge in [-0.2, -0.15) is 0 Å². The SMILES string of the molecule is C[C@H](CCC(N)=O)C1CCC2C3C(C[C@H](O)[C@@]21C)[C@@]1(C)CC[C@@H](O)CC1C[C@H]3O. The summed E-state index contributed by atoms with van der Waals surface area (Å²) in [5.74, 6) is 1.72. The number of aliphatic hydroxyl groups is 3. The highest BCUT2D eigenvalue weighted by molar-refractivity contribution is 5.73. The molecular formula is C24H41NO4. The Labute approximate surface area is 175 Å². The number of rotatable bonds is 4. The summed E-state index contributed by atoms with van der Waals surface area (Å²) in [4.78, 5) is 11.3. The Bertz CT molecular complexity index is 640. The maximum Gasteiger partial charge on any atom is 0.217 e. The standard InChI is InChI=1S/C24H41NO4/c1-13(4-7-21(25)29)16-5-6-17-22-18(12-20(28)24(16,17)3)23(2)9-8-15(26)10-14(23)11-19(22)27/h13-20,22,26-28H,4-12H2,1-3H3,(H2,25,29)/t13-,14?,15-,16?,17?,18?,19-,20+,22?,23+,24-/m1/s1. The van der Waals surface area contributed by atoms with Gasteiger partial charge in [-0.05, 0) is 97.7 Å². The Morgan fingerprint density at radius 2 is 1.79 bits per heavy atom. The van der Waals surface area contributed by atoms with E-state index in [1.54, 1.807) is 0 Å². The molecule has 0 aromatic carbocycles. The minimum Gasteiger partial charge on any atom is -0.393 e. The summed E-state index contributed by atoms with van der Waals surface area (Å²) in [5.41, 5.74) is 5.30. The molecule has 5 nitrogen and oxygen atoms in total. The van der Waals surface area contributed by atoms with Gasteiger partial charge in [-0.1, -0.05) is 20.8 Å². The molecule has 5 N–H and O–H groups in total. The van der Waals surface area contributed by atoms with Crippen LogP contribution in [0.3, 0.4) is 0 Å². The fraction of sp³-hybridized carbons (Fsp3) is 0.958. The van der Waals surface area contributed by atoms with Crippen LogP contribution in [0.2, 0.25) is 0 Å². The van der Waals surface area contributed by atoms with Crippen LogP contribution in [0.5, 0.6) is 0 Å². The molecule has 0 spiro atoms. The van der Waals surface area contributed by atoms with Crippen LogP contribution in [0.15, 0.2) is 0 Å². The molecule has 4 aliphatic carbocycles. The lowest BCUT2D eigenvalue weighted by atomic mass is 9.43. The molecule has 5 heteroatoms. The molecule has 11 atom stereocenters. The van der Waals surface area contributed by atoms with Gasteiger partial charge in [0.2, 0.25) is 5.91 Å². The van der Waals surface area contributed by atoms with E-state index in [9.17, 15) is 20.1 Å². The molecule has 4 saturated carbocycles. The van der Waals surface area contributed by atoms with Gasteiger partial charge in [0.25, 0.3) is 0 Å². The Kier molecular flexibility index (Phi) is 5.57. The second-order valence-electron chi connectivity index (χ2n) is 11.5. The first kappa shape index (κ1) is 21.6. The van der Waals surface area contributed by atoms with Crippen LogP contribution < -0.4 is 5.73 Å². The Balaban J connectivity index is 1.61. The number of nitrogens with two attached hydrogens (primary N) is 1. The Hall–Kier alpha value is -0.650. The predicted octanol–water partition coefficient (Wildman–Crippen LogP) is 2.85. The molecule has 0 aromatic rings. The van der Waals surface area contributed by atoms with Crippen molar-refractivity contribution in [3.8, 4) is 0 Å². The van der Waals surface area contributed by atoms with E-state index in [-0.39, 0.29) is 41.0 Å². The molecule has 5 unspecified atom stereocenters. The molecule has 4 fully saturated rings. The lowest BCUT2D eigenvalue weighted by Crippen LogP contribution is -2.62. The van der Waals surface area contributed by atoms with E-state index in [0.29, 0.717) is 36.0 Å². The van der Waals surface area contributed by atoms with Crippen molar-refractivity contribution >= 4 is 5.91 Å². The third kappa shape index (κ3) is 3.27. The topological polar surface area (TPSA) is 104 Å². The van der Waals surface area contributed by atoms with Gasteiger partial charge in [-0.25, -0.2) is 0 Å². The summed E-state index contributed by atoms with van der Waals surface area (Å²) < 4.78 is 0. The van der Waals surface area contributed by atoms with Gasteiger partial charge in [0.15, 0.2) is 0 Å². The van der Waals surface area contributed by atoms with Crippen LogP contribution in [0.4, 0.5) is 0 Å². The van der Waals surface area contributed by atoms with Crippen LogP contribution in [-0.4, -0.2) is 39.5 Å². The largest absolute Gasteiger partial charge is 0.393 e. The van der Waals surface area contributed by atoms with Crippen LogP contribution in [0.1, 0.15) is 78.6 Å². The van der Waals surface area contributed by atoms with Crippen molar-refractivity contribution in [2.24, 2.45) is 52.1 Å². The maximum atomic E-state index is 11.5.